The number of nitrogens with zero attached hydrogens (tertiary/aromatic N) is 1. The molecule has 4 nitrogen and oxygen atoms in total. The molecule has 0 spiro atoms. The Hall–Kier alpha value is -2.04. The van der Waals surface area contributed by atoms with Crippen LogP contribution < -0.4 is 4.90 Å². The molecule has 2 amide bonds. The lowest BCUT2D eigenvalue weighted by Crippen LogP contribution is -2.35. The predicted octanol–water partition coefficient (Wildman–Crippen LogP) is 2.55. The molecular formula is C15H16FNO3. The van der Waals surface area contributed by atoms with Gasteiger partial charge in [0.05, 0.1) is 5.69 Å². The summed E-state index contributed by atoms with van der Waals surface area (Å²) >= 11 is 0. The van der Waals surface area contributed by atoms with Gasteiger partial charge in [-0.1, -0.05) is 0 Å². The highest BCUT2D eigenvalue weighted by Crippen LogP contribution is 2.34. The average Bonchev–Trinajstić information content (AvgIpc) is 2.34. The molecule has 20 heavy (non-hydrogen) atoms. The van der Waals surface area contributed by atoms with Gasteiger partial charge < -0.3 is 0 Å². The maximum absolute atomic E-state index is 14.0. The van der Waals surface area contributed by atoms with Crippen LogP contribution in [0.1, 0.15) is 48.2 Å². The van der Waals surface area contributed by atoms with Crippen LogP contribution in [0.5, 0.6) is 0 Å². The number of halogens is 1. The molecule has 1 aliphatic carbocycles. The van der Waals surface area contributed by atoms with Crippen molar-refractivity contribution in [1.29, 1.82) is 0 Å². The van der Waals surface area contributed by atoms with Crippen molar-refractivity contribution in [2.24, 2.45) is 0 Å². The Morgan fingerprint density at radius 2 is 1.80 bits per heavy atom. The quantitative estimate of drug-likeness (QED) is 0.792. The lowest BCUT2D eigenvalue weighted by atomic mass is 9.86. The maximum atomic E-state index is 14.0. The van der Waals surface area contributed by atoms with Crippen molar-refractivity contribution < 1.29 is 18.8 Å². The summed E-state index contributed by atoms with van der Waals surface area (Å²) in [5, 5.41) is 0. The Bertz CT molecular complexity index is 608. The third kappa shape index (κ3) is 2.24. The molecule has 1 aromatic rings. The number of carbonyl (C=O) groups excluding carboxylic acids is 3. The summed E-state index contributed by atoms with van der Waals surface area (Å²) in [5.41, 5.74) is 1.43. The van der Waals surface area contributed by atoms with E-state index in [1.165, 1.54) is 13.8 Å². The Labute approximate surface area is 116 Å². The number of anilines is 1. The van der Waals surface area contributed by atoms with Gasteiger partial charge >= 0.3 is 0 Å². The second-order valence-electron chi connectivity index (χ2n) is 5.01. The first-order valence-electron chi connectivity index (χ1n) is 6.51. The monoisotopic (exact) mass is 277 g/mol. The van der Waals surface area contributed by atoms with Crippen LogP contribution in [-0.2, 0) is 16.0 Å². The van der Waals surface area contributed by atoms with E-state index in [0.29, 0.717) is 36.0 Å². The molecule has 0 N–H and O–H groups in total. The van der Waals surface area contributed by atoms with Crippen LogP contribution >= 0.6 is 0 Å². The number of fused-ring (bicyclic) bond motifs is 1. The Kier molecular flexibility index (Phi) is 3.70. The number of carbonyl (C=O) groups is 3. The standard InChI is InChI=1S/C15H16FNO3/c1-8-11-5-4-6-14(20)15(11)13(7-12(8)16)17(9(2)18)10(3)19/h7H,4-6H2,1-3H3. The normalized spacial score (nSPS) is 13.9. The Morgan fingerprint density at radius 1 is 1.20 bits per heavy atom. The van der Waals surface area contributed by atoms with Crippen molar-refractivity contribution >= 4 is 23.3 Å². The lowest BCUT2D eigenvalue weighted by Gasteiger charge is -2.26. The number of benzene rings is 1. The van der Waals surface area contributed by atoms with Crippen LogP contribution in [0.3, 0.4) is 0 Å². The topological polar surface area (TPSA) is 54.5 Å². The molecule has 0 saturated heterocycles. The molecule has 0 saturated carbocycles. The summed E-state index contributed by atoms with van der Waals surface area (Å²) in [5.74, 6) is -1.69. The van der Waals surface area contributed by atoms with E-state index in [9.17, 15) is 18.8 Å². The van der Waals surface area contributed by atoms with Gasteiger partial charge in [0.1, 0.15) is 5.82 Å². The van der Waals surface area contributed by atoms with Crippen LogP contribution in [0.4, 0.5) is 10.1 Å². The summed E-state index contributed by atoms with van der Waals surface area (Å²) in [6, 6.07) is 1.11. The van der Waals surface area contributed by atoms with E-state index in [0.717, 1.165) is 11.0 Å². The number of imide groups is 1. The van der Waals surface area contributed by atoms with Gasteiger partial charge in [0.25, 0.3) is 0 Å². The summed E-state index contributed by atoms with van der Waals surface area (Å²) in [6.07, 6.45) is 1.60. The predicted molar refractivity (Wildman–Crippen MR) is 72.2 cm³/mol. The summed E-state index contributed by atoms with van der Waals surface area (Å²) in [4.78, 5) is 36.3. The fourth-order valence-corrected chi connectivity index (χ4v) is 2.70. The first-order chi connectivity index (χ1) is 9.34. The second kappa shape index (κ2) is 5.15. The van der Waals surface area contributed by atoms with Crippen molar-refractivity contribution in [3.63, 3.8) is 0 Å². The fourth-order valence-electron chi connectivity index (χ4n) is 2.70. The highest BCUT2D eigenvalue weighted by molar-refractivity contribution is 6.17. The molecule has 5 heteroatoms. The van der Waals surface area contributed by atoms with E-state index in [2.05, 4.69) is 0 Å². The minimum atomic E-state index is -0.527. The zero-order valence-electron chi connectivity index (χ0n) is 11.7. The zero-order valence-corrected chi connectivity index (χ0v) is 11.7. The molecule has 2 rings (SSSR count). The van der Waals surface area contributed by atoms with Gasteiger partial charge in [-0.15, -0.1) is 0 Å². The third-order valence-corrected chi connectivity index (χ3v) is 3.61. The fraction of sp³-hybridized carbons (Fsp3) is 0.400. The molecule has 0 radical (unpaired) electrons. The highest BCUT2D eigenvalue weighted by Gasteiger charge is 2.29. The van der Waals surface area contributed by atoms with Gasteiger partial charge in [0, 0.05) is 25.8 Å². The smallest absolute Gasteiger partial charge is 0.230 e. The number of hydrogen-bond acceptors (Lipinski definition) is 3. The summed E-state index contributed by atoms with van der Waals surface area (Å²) in [6.45, 7) is 4.06. The van der Waals surface area contributed by atoms with Crippen molar-refractivity contribution in [2.75, 3.05) is 4.90 Å². The SMILES string of the molecule is CC(=O)N(C(C)=O)c1cc(F)c(C)c2c1C(=O)CCC2. The molecule has 0 fully saturated rings. The summed E-state index contributed by atoms with van der Waals surface area (Å²) < 4.78 is 14.0. The van der Waals surface area contributed by atoms with Crippen molar-refractivity contribution in [3.05, 3.63) is 28.6 Å². The van der Waals surface area contributed by atoms with Gasteiger partial charge in [0.15, 0.2) is 5.78 Å². The molecule has 0 aromatic heterocycles. The Morgan fingerprint density at radius 3 is 2.35 bits per heavy atom. The minimum absolute atomic E-state index is 0.0767. The van der Waals surface area contributed by atoms with Crippen LogP contribution in [0, 0.1) is 12.7 Å². The van der Waals surface area contributed by atoms with Crippen molar-refractivity contribution in [1.82, 2.24) is 0 Å². The van der Waals surface area contributed by atoms with Gasteiger partial charge in [-0.25, -0.2) is 4.39 Å². The van der Waals surface area contributed by atoms with E-state index < -0.39 is 17.6 Å². The molecule has 0 heterocycles. The van der Waals surface area contributed by atoms with Gasteiger partial charge in [-0.05, 0) is 37.0 Å². The van der Waals surface area contributed by atoms with Crippen LogP contribution in [-0.4, -0.2) is 17.6 Å². The van der Waals surface area contributed by atoms with Gasteiger partial charge in [0.2, 0.25) is 11.8 Å². The molecule has 0 unspecified atom stereocenters. The van der Waals surface area contributed by atoms with Gasteiger partial charge in [-0.2, -0.15) is 0 Å². The molecule has 1 aliphatic rings. The number of rotatable bonds is 1. The molecule has 0 aliphatic heterocycles. The van der Waals surface area contributed by atoms with Crippen LogP contribution in [0.25, 0.3) is 0 Å². The number of ketones is 1. The first kappa shape index (κ1) is 14.4. The largest absolute Gasteiger partial charge is 0.294 e. The zero-order chi connectivity index (χ0) is 15.0. The number of hydrogen-bond donors (Lipinski definition) is 0. The minimum Gasteiger partial charge on any atom is -0.294 e. The van der Waals surface area contributed by atoms with Crippen LogP contribution in [0.2, 0.25) is 0 Å². The van der Waals surface area contributed by atoms with E-state index in [1.54, 1.807) is 6.92 Å². The van der Waals surface area contributed by atoms with Crippen molar-refractivity contribution in [3.8, 4) is 0 Å². The molecule has 1 aromatic carbocycles. The van der Waals surface area contributed by atoms with E-state index in [4.69, 9.17) is 0 Å². The number of amides is 2. The average molecular weight is 277 g/mol. The van der Waals surface area contributed by atoms with Crippen LogP contribution in [0.15, 0.2) is 6.07 Å². The molecular weight excluding hydrogens is 261 g/mol. The van der Waals surface area contributed by atoms with Gasteiger partial charge in [-0.3, -0.25) is 19.3 Å². The number of Topliss-reactive ketones (excluding diaryl/α,β-unsaturated/α-hetero) is 1. The van der Waals surface area contributed by atoms with E-state index in [1.807, 2.05) is 0 Å². The lowest BCUT2D eigenvalue weighted by molar-refractivity contribution is -0.124. The van der Waals surface area contributed by atoms with E-state index in [-0.39, 0.29) is 11.5 Å². The summed E-state index contributed by atoms with van der Waals surface area (Å²) in [7, 11) is 0. The first-order valence-corrected chi connectivity index (χ1v) is 6.51. The molecule has 0 atom stereocenters. The Balaban J connectivity index is 2.76. The molecule has 106 valence electrons. The molecule has 0 bridgehead atoms. The van der Waals surface area contributed by atoms with Crippen molar-refractivity contribution in [2.45, 2.75) is 40.0 Å². The third-order valence-electron chi connectivity index (χ3n) is 3.61. The highest BCUT2D eigenvalue weighted by atomic mass is 19.1. The van der Waals surface area contributed by atoms with E-state index >= 15 is 0 Å². The maximum Gasteiger partial charge on any atom is 0.230 e. The second-order valence-corrected chi connectivity index (χ2v) is 5.01.